The normalized spacial score (nSPS) is 28.5. The molecule has 4 aliphatic heterocycles. The Bertz CT molecular complexity index is 1470. The van der Waals surface area contributed by atoms with Gasteiger partial charge in [-0.2, -0.15) is 0 Å². The van der Waals surface area contributed by atoms with E-state index >= 15 is 0 Å². The lowest BCUT2D eigenvalue weighted by Crippen LogP contribution is -2.78. The molecule has 4 heterocycles. The molecule has 0 saturated carbocycles. The Morgan fingerprint density at radius 3 is 2.55 bits per heavy atom. The Labute approximate surface area is 229 Å². The fourth-order valence-electron chi connectivity index (χ4n) is 6.22. The zero-order valence-corrected chi connectivity index (χ0v) is 21.7. The molecule has 0 bridgehead atoms. The van der Waals surface area contributed by atoms with Crippen molar-refractivity contribution < 1.29 is 24.6 Å². The van der Waals surface area contributed by atoms with Crippen molar-refractivity contribution in [3.8, 4) is 11.1 Å². The Kier molecular flexibility index (Phi) is 5.82. The number of carbonyl (C=O) groups excluding carboxylic acids is 3. The van der Waals surface area contributed by atoms with Gasteiger partial charge in [0.15, 0.2) is 17.6 Å². The topological polar surface area (TPSA) is 199 Å². The summed E-state index contributed by atoms with van der Waals surface area (Å²) < 4.78 is 0. The van der Waals surface area contributed by atoms with E-state index < -0.39 is 35.5 Å². The van der Waals surface area contributed by atoms with Gasteiger partial charge in [-0.1, -0.05) is 36.4 Å². The average Bonchev–Trinajstić information content (AvgIpc) is 3.52. The molecule has 0 aromatic heterocycles. The van der Waals surface area contributed by atoms with E-state index in [0.717, 1.165) is 21.6 Å². The second-order valence-corrected chi connectivity index (χ2v) is 10.6. The third kappa shape index (κ3) is 3.72. The first-order valence-electron chi connectivity index (χ1n) is 13.0. The lowest BCUT2D eigenvalue weighted by Gasteiger charge is -2.49. The minimum atomic E-state index is -2.64. The fraction of sp³-hybridized carbons (Fsp3) is 0.370. The first kappa shape index (κ1) is 25.8. The van der Waals surface area contributed by atoms with E-state index in [9.17, 15) is 24.6 Å². The molecule has 3 amide bonds. The zero-order valence-electron chi connectivity index (χ0n) is 21.7. The molecule has 2 saturated heterocycles. The number of imide groups is 1. The van der Waals surface area contributed by atoms with Crippen LogP contribution in [0.3, 0.4) is 0 Å². The number of likely N-dealkylation sites (tertiary alicyclic amines) is 1. The molecule has 6 rings (SSSR count). The third-order valence-corrected chi connectivity index (χ3v) is 8.21. The first-order valence-corrected chi connectivity index (χ1v) is 13.0. The van der Waals surface area contributed by atoms with E-state index in [1.807, 2.05) is 37.3 Å². The molecule has 1 spiro atoms. The maximum atomic E-state index is 13.4. The Balaban J connectivity index is 1.29. The average molecular weight is 547 g/mol. The SMILES string of the molecule is Cc1ccccc1-c1cccc(C(=O)NC2CN3C(N)=NC(CN4C(=O)CCC4=O)C4N=C(N)NC43C2(O)O)c1. The van der Waals surface area contributed by atoms with Crippen molar-refractivity contribution in [2.75, 3.05) is 13.1 Å². The minimum Gasteiger partial charge on any atom is -0.370 e. The van der Waals surface area contributed by atoms with Gasteiger partial charge in [-0.05, 0) is 35.7 Å². The molecule has 0 radical (unpaired) electrons. The molecule has 2 aromatic rings. The summed E-state index contributed by atoms with van der Waals surface area (Å²) in [6, 6.07) is 11.7. The van der Waals surface area contributed by atoms with Gasteiger partial charge in [0.25, 0.3) is 5.91 Å². The highest BCUT2D eigenvalue weighted by atomic mass is 16.5. The predicted molar refractivity (Wildman–Crippen MR) is 144 cm³/mol. The van der Waals surface area contributed by atoms with Crippen LogP contribution in [-0.4, -0.2) is 92.3 Å². The van der Waals surface area contributed by atoms with Crippen molar-refractivity contribution in [2.24, 2.45) is 21.5 Å². The van der Waals surface area contributed by atoms with E-state index in [2.05, 4.69) is 20.6 Å². The van der Waals surface area contributed by atoms with E-state index in [4.69, 9.17) is 11.5 Å². The van der Waals surface area contributed by atoms with Gasteiger partial charge in [-0.15, -0.1) is 0 Å². The minimum absolute atomic E-state index is 0.0662. The molecule has 0 aliphatic carbocycles. The van der Waals surface area contributed by atoms with Gasteiger partial charge >= 0.3 is 0 Å². The molecule has 4 unspecified atom stereocenters. The van der Waals surface area contributed by atoms with Gasteiger partial charge in [-0.25, -0.2) is 9.98 Å². The standard InChI is InChI=1S/C27H30N8O5/c1-14-5-2-3-8-17(14)15-6-4-7-16(11-15)23(38)31-19-13-35-25(29)30-18(12-34-20(36)9-10-21(34)37)22-26(35,27(19,39)40)33-24(28)32-22/h2-8,11,18-19,22,39-40H,9-10,12-13H2,1H3,(H2,29,30)(H,31,38)(H3,28,32,33). The number of hydrogen-bond acceptors (Lipinski definition) is 11. The molecule has 2 fully saturated rings. The lowest BCUT2D eigenvalue weighted by atomic mass is 9.84. The summed E-state index contributed by atoms with van der Waals surface area (Å²) in [6.45, 7) is 1.72. The molecule has 13 heteroatoms. The van der Waals surface area contributed by atoms with Crippen LogP contribution >= 0.6 is 0 Å². The molecular formula is C27H30N8O5. The number of carbonyl (C=O) groups is 3. The van der Waals surface area contributed by atoms with Crippen LogP contribution in [-0.2, 0) is 9.59 Å². The van der Waals surface area contributed by atoms with Crippen molar-refractivity contribution in [1.82, 2.24) is 20.4 Å². The number of guanidine groups is 2. The van der Waals surface area contributed by atoms with Gasteiger partial charge in [0.05, 0.1) is 12.6 Å². The van der Waals surface area contributed by atoms with E-state index in [1.165, 1.54) is 4.90 Å². The van der Waals surface area contributed by atoms with Gasteiger partial charge in [0.1, 0.15) is 12.1 Å². The van der Waals surface area contributed by atoms with Crippen LogP contribution in [0.15, 0.2) is 58.5 Å². The quantitative estimate of drug-likeness (QED) is 0.193. The van der Waals surface area contributed by atoms with Crippen LogP contribution in [0, 0.1) is 6.92 Å². The highest BCUT2D eigenvalue weighted by Crippen LogP contribution is 2.45. The van der Waals surface area contributed by atoms with Gasteiger partial charge in [-0.3, -0.25) is 19.3 Å². The zero-order chi connectivity index (χ0) is 28.4. The number of nitrogens with two attached hydrogens (primary N) is 2. The molecule has 40 heavy (non-hydrogen) atoms. The highest BCUT2D eigenvalue weighted by molar-refractivity contribution is 6.02. The lowest BCUT2D eigenvalue weighted by molar-refractivity contribution is -0.230. The number of aryl methyl sites for hydroxylation is 1. The number of nitrogens with one attached hydrogen (secondary N) is 2. The molecule has 4 atom stereocenters. The number of aliphatic imine (C=N–C) groups is 2. The van der Waals surface area contributed by atoms with Crippen LogP contribution in [0.4, 0.5) is 0 Å². The Hall–Kier alpha value is -4.49. The summed E-state index contributed by atoms with van der Waals surface area (Å²) in [5.41, 5.74) is 13.7. The smallest absolute Gasteiger partial charge is 0.251 e. The summed E-state index contributed by atoms with van der Waals surface area (Å²) in [6.07, 6.45) is 0.193. The van der Waals surface area contributed by atoms with Crippen LogP contribution in [0.25, 0.3) is 11.1 Å². The maximum Gasteiger partial charge on any atom is 0.251 e. The summed E-state index contributed by atoms with van der Waals surface area (Å²) in [5.74, 6) is -4.00. The highest BCUT2D eigenvalue weighted by Gasteiger charge is 2.73. The van der Waals surface area contributed by atoms with Crippen LogP contribution in [0.5, 0.6) is 0 Å². The van der Waals surface area contributed by atoms with Crippen molar-refractivity contribution in [3.63, 3.8) is 0 Å². The van der Waals surface area contributed by atoms with Crippen molar-refractivity contribution in [3.05, 3.63) is 59.7 Å². The second kappa shape index (κ2) is 9.03. The summed E-state index contributed by atoms with van der Waals surface area (Å²) >= 11 is 0. The van der Waals surface area contributed by atoms with Gasteiger partial charge < -0.3 is 37.2 Å². The number of hydrogen-bond donors (Lipinski definition) is 6. The van der Waals surface area contributed by atoms with E-state index in [1.54, 1.807) is 18.2 Å². The van der Waals surface area contributed by atoms with Crippen molar-refractivity contribution in [2.45, 2.75) is 49.3 Å². The number of aliphatic hydroxyl groups is 2. The van der Waals surface area contributed by atoms with Gasteiger partial charge in [0, 0.05) is 24.9 Å². The van der Waals surface area contributed by atoms with Gasteiger partial charge in [0.2, 0.25) is 17.6 Å². The number of nitrogens with zero attached hydrogens (tertiary/aromatic N) is 4. The number of rotatable bonds is 5. The van der Waals surface area contributed by atoms with Crippen molar-refractivity contribution in [1.29, 1.82) is 0 Å². The molecule has 13 nitrogen and oxygen atoms in total. The predicted octanol–water partition coefficient (Wildman–Crippen LogP) is -1.41. The van der Waals surface area contributed by atoms with Crippen LogP contribution < -0.4 is 22.1 Å². The number of benzene rings is 2. The van der Waals surface area contributed by atoms with Crippen molar-refractivity contribution >= 4 is 29.6 Å². The summed E-state index contributed by atoms with van der Waals surface area (Å²) in [5, 5.41) is 28.9. The monoisotopic (exact) mass is 546 g/mol. The molecule has 208 valence electrons. The van der Waals surface area contributed by atoms with E-state index in [0.29, 0.717) is 5.56 Å². The first-order chi connectivity index (χ1) is 19.0. The number of amides is 3. The van der Waals surface area contributed by atoms with E-state index in [-0.39, 0.29) is 49.7 Å². The third-order valence-electron chi connectivity index (χ3n) is 8.21. The molecular weight excluding hydrogens is 516 g/mol. The summed E-state index contributed by atoms with van der Waals surface area (Å²) in [7, 11) is 0. The maximum absolute atomic E-state index is 13.4. The molecule has 8 N–H and O–H groups in total. The molecule has 4 aliphatic rings. The second-order valence-electron chi connectivity index (χ2n) is 10.6. The molecule has 2 aromatic carbocycles. The summed E-state index contributed by atoms with van der Waals surface area (Å²) in [4.78, 5) is 49.3. The fourth-order valence-corrected chi connectivity index (χ4v) is 6.22. The van der Waals surface area contributed by atoms with Crippen LogP contribution in [0.1, 0.15) is 28.8 Å². The van der Waals surface area contributed by atoms with Crippen LogP contribution in [0.2, 0.25) is 0 Å². The Morgan fingerprint density at radius 1 is 1.10 bits per heavy atom. The largest absolute Gasteiger partial charge is 0.370 e. The Morgan fingerprint density at radius 2 is 1.82 bits per heavy atom.